The SMILES string of the molecule is c1ccc(C2(c3ccccc3)c3ccccc3Oc3cc(-c4ccc5c(c4)C4(c6ccccc6-c6ccccc64)c4ccc6ccccc6c4-5)ccc32)cc1. The van der Waals surface area contributed by atoms with Crippen molar-refractivity contribution < 1.29 is 4.74 Å². The van der Waals surface area contributed by atoms with Gasteiger partial charge in [0.1, 0.15) is 11.5 Å². The predicted molar refractivity (Wildman–Crippen MR) is 224 cm³/mol. The minimum absolute atomic E-state index is 0.433. The molecule has 0 bridgehead atoms. The predicted octanol–water partition coefficient (Wildman–Crippen LogP) is 13.3. The minimum Gasteiger partial charge on any atom is -0.457 e. The quantitative estimate of drug-likeness (QED) is 0.178. The van der Waals surface area contributed by atoms with E-state index in [1.807, 2.05) is 0 Å². The molecule has 12 rings (SSSR count). The molecule has 55 heavy (non-hydrogen) atoms. The van der Waals surface area contributed by atoms with Crippen LogP contribution in [0, 0.1) is 0 Å². The average Bonchev–Trinajstić information content (AvgIpc) is 3.73. The molecular formula is C54H34O. The molecule has 9 aromatic rings. The molecule has 1 heterocycles. The van der Waals surface area contributed by atoms with Crippen molar-refractivity contribution in [3.05, 3.63) is 251 Å². The number of ether oxygens (including phenoxy) is 1. The van der Waals surface area contributed by atoms with Crippen LogP contribution in [0.3, 0.4) is 0 Å². The summed E-state index contributed by atoms with van der Waals surface area (Å²) in [7, 11) is 0. The van der Waals surface area contributed by atoms with Crippen molar-refractivity contribution >= 4 is 10.8 Å². The van der Waals surface area contributed by atoms with E-state index in [0.29, 0.717) is 0 Å². The van der Waals surface area contributed by atoms with Crippen LogP contribution in [-0.4, -0.2) is 0 Å². The second-order valence-electron chi connectivity index (χ2n) is 15.1. The van der Waals surface area contributed by atoms with E-state index in [1.165, 1.54) is 72.0 Å². The lowest BCUT2D eigenvalue weighted by atomic mass is 9.63. The molecule has 0 N–H and O–H groups in total. The fourth-order valence-corrected chi connectivity index (χ4v) is 10.5. The highest BCUT2D eigenvalue weighted by Gasteiger charge is 2.52. The van der Waals surface area contributed by atoms with E-state index in [4.69, 9.17) is 4.74 Å². The largest absolute Gasteiger partial charge is 0.457 e. The van der Waals surface area contributed by atoms with Gasteiger partial charge < -0.3 is 4.74 Å². The van der Waals surface area contributed by atoms with Crippen molar-refractivity contribution in [2.45, 2.75) is 10.8 Å². The van der Waals surface area contributed by atoms with E-state index < -0.39 is 10.8 Å². The van der Waals surface area contributed by atoms with Crippen molar-refractivity contribution in [2.75, 3.05) is 0 Å². The second kappa shape index (κ2) is 11.3. The van der Waals surface area contributed by atoms with E-state index in [1.54, 1.807) is 0 Å². The molecule has 0 amide bonds. The fourth-order valence-electron chi connectivity index (χ4n) is 10.5. The lowest BCUT2D eigenvalue weighted by Gasteiger charge is -2.41. The lowest BCUT2D eigenvalue weighted by molar-refractivity contribution is 0.435. The number of hydrogen-bond donors (Lipinski definition) is 0. The summed E-state index contributed by atoms with van der Waals surface area (Å²) in [5.74, 6) is 1.76. The van der Waals surface area contributed by atoms with Crippen molar-refractivity contribution in [2.24, 2.45) is 0 Å². The zero-order valence-corrected chi connectivity index (χ0v) is 30.0. The minimum atomic E-state index is -0.548. The van der Waals surface area contributed by atoms with Gasteiger partial charge in [0.2, 0.25) is 0 Å². The average molecular weight is 699 g/mol. The van der Waals surface area contributed by atoms with Crippen LogP contribution in [0.5, 0.6) is 11.5 Å². The van der Waals surface area contributed by atoms with Gasteiger partial charge in [0.15, 0.2) is 0 Å². The Bertz CT molecular complexity index is 2930. The van der Waals surface area contributed by atoms with Gasteiger partial charge in [0.25, 0.3) is 0 Å². The molecule has 0 fully saturated rings. The van der Waals surface area contributed by atoms with E-state index >= 15 is 0 Å². The topological polar surface area (TPSA) is 9.23 Å². The summed E-state index contributed by atoms with van der Waals surface area (Å²) in [5.41, 5.74) is 16.7. The maximum absolute atomic E-state index is 6.92. The van der Waals surface area contributed by atoms with E-state index in [-0.39, 0.29) is 0 Å². The van der Waals surface area contributed by atoms with E-state index in [0.717, 1.165) is 28.2 Å². The van der Waals surface area contributed by atoms with Crippen LogP contribution in [0.2, 0.25) is 0 Å². The Kier molecular flexibility index (Phi) is 6.25. The van der Waals surface area contributed by atoms with Gasteiger partial charge in [0.05, 0.1) is 10.8 Å². The Morgan fingerprint density at radius 1 is 0.309 bits per heavy atom. The van der Waals surface area contributed by atoms with Crippen LogP contribution in [0.1, 0.15) is 44.5 Å². The summed E-state index contributed by atoms with van der Waals surface area (Å²) in [6, 6.07) is 76.0. The molecule has 0 radical (unpaired) electrons. The molecule has 0 saturated heterocycles. The molecule has 9 aromatic carbocycles. The first-order chi connectivity index (χ1) is 27.3. The standard InChI is InChI=1S/C54H34O/c1-3-16-38(17-4-1)53(39-18-5-2-6-19-39)46-25-13-14-26-50(46)55-51-34-37(29-31-47(51)53)36-27-30-43-49(33-36)54(48-32-28-35-15-7-8-20-40(35)52(43)48)44-23-11-9-21-41(44)42-22-10-12-24-45(42)54/h1-34H. The third-order valence-corrected chi connectivity index (χ3v) is 12.6. The first kappa shape index (κ1) is 30.5. The van der Waals surface area contributed by atoms with Gasteiger partial charge in [-0.3, -0.25) is 0 Å². The highest BCUT2D eigenvalue weighted by atomic mass is 16.5. The number of rotatable bonds is 3. The summed E-state index contributed by atoms with van der Waals surface area (Å²) in [5, 5.41) is 2.56. The third-order valence-electron chi connectivity index (χ3n) is 12.6. The molecule has 0 saturated carbocycles. The molecular weight excluding hydrogens is 665 g/mol. The van der Waals surface area contributed by atoms with Gasteiger partial charge in [-0.2, -0.15) is 0 Å². The number of hydrogen-bond acceptors (Lipinski definition) is 1. The van der Waals surface area contributed by atoms with Gasteiger partial charge in [0, 0.05) is 11.1 Å². The summed E-state index contributed by atoms with van der Waals surface area (Å²) in [6.07, 6.45) is 0. The maximum atomic E-state index is 6.92. The molecule has 3 aliphatic rings. The van der Waals surface area contributed by atoms with Crippen LogP contribution in [0.15, 0.2) is 206 Å². The van der Waals surface area contributed by atoms with Crippen LogP contribution in [-0.2, 0) is 10.8 Å². The van der Waals surface area contributed by atoms with Gasteiger partial charge in [-0.15, -0.1) is 0 Å². The third kappa shape index (κ3) is 3.92. The molecule has 2 aliphatic carbocycles. The molecule has 0 atom stereocenters. The van der Waals surface area contributed by atoms with Crippen molar-refractivity contribution in [1.82, 2.24) is 0 Å². The van der Waals surface area contributed by atoms with Crippen molar-refractivity contribution in [3.8, 4) is 44.9 Å². The number of fused-ring (bicyclic) bond motifs is 14. The van der Waals surface area contributed by atoms with E-state index in [9.17, 15) is 0 Å². The molecule has 1 heteroatoms. The summed E-state index contributed by atoms with van der Waals surface area (Å²) >= 11 is 0. The highest BCUT2D eigenvalue weighted by Crippen LogP contribution is 2.64. The van der Waals surface area contributed by atoms with Gasteiger partial charge in [-0.05, 0) is 95.7 Å². The van der Waals surface area contributed by atoms with Gasteiger partial charge in [-0.1, -0.05) is 188 Å². The van der Waals surface area contributed by atoms with Gasteiger partial charge in [-0.25, -0.2) is 0 Å². The van der Waals surface area contributed by atoms with Crippen LogP contribution < -0.4 is 4.74 Å². The van der Waals surface area contributed by atoms with E-state index in [2.05, 4.69) is 206 Å². The molecule has 1 nitrogen and oxygen atoms in total. The Labute approximate surface area is 320 Å². The van der Waals surface area contributed by atoms with Crippen molar-refractivity contribution in [3.63, 3.8) is 0 Å². The normalized spacial score (nSPS) is 14.6. The Balaban J connectivity index is 1.12. The van der Waals surface area contributed by atoms with Gasteiger partial charge >= 0.3 is 0 Å². The fraction of sp³-hybridized carbons (Fsp3) is 0.0370. The Morgan fingerprint density at radius 3 is 1.58 bits per heavy atom. The molecule has 0 unspecified atom stereocenters. The Morgan fingerprint density at radius 2 is 0.855 bits per heavy atom. The second-order valence-corrected chi connectivity index (χ2v) is 15.1. The van der Waals surface area contributed by atoms with Crippen LogP contribution >= 0.6 is 0 Å². The maximum Gasteiger partial charge on any atom is 0.132 e. The smallest absolute Gasteiger partial charge is 0.132 e. The monoisotopic (exact) mass is 698 g/mol. The molecule has 1 aliphatic heterocycles. The number of benzene rings is 9. The summed E-state index contributed by atoms with van der Waals surface area (Å²) in [6.45, 7) is 0. The van der Waals surface area contributed by atoms with Crippen LogP contribution in [0.4, 0.5) is 0 Å². The number of para-hydroxylation sites is 1. The highest BCUT2D eigenvalue weighted by molar-refractivity contribution is 6.06. The summed E-state index contributed by atoms with van der Waals surface area (Å²) in [4.78, 5) is 0. The Hall–Kier alpha value is -6.96. The molecule has 0 aromatic heterocycles. The first-order valence-electron chi connectivity index (χ1n) is 19.2. The summed E-state index contributed by atoms with van der Waals surface area (Å²) < 4.78 is 6.92. The van der Waals surface area contributed by atoms with Crippen molar-refractivity contribution in [1.29, 1.82) is 0 Å². The molecule has 256 valence electrons. The first-order valence-corrected chi connectivity index (χ1v) is 19.2. The zero-order chi connectivity index (χ0) is 36.1. The zero-order valence-electron chi connectivity index (χ0n) is 30.0. The lowest BCUT2D eigenvalue weighted by Crippen LogP contribution is -2.34. The molecule has 1 spiro atoms. The van der Waals surface area contributed by atoms with Crippen LogP contribution in [0.25, 0.3) is 44.2 Å².